The predicted molar refractivity (Wildman–Crippen MR) is 96.7 cm³/mol. The molecule has 3 rings (SSSR count). The topological polar surface area (TPSA) is 34.3 Å². The van der Waals surface area contributed by atoms with Gasteiger partial charge in [-0.2, -0.15) is 0 Å². The van der Waals surface area contributed by atoms with Crippen LogP contribution in [0.1, 0.15) is 66.2 Å². The molecule has 0 aromatic heterocycles. The van der Waals surface area contributed by atoms with Gasteiger partial charge in [0.05, 0.1) is 29.0 Å². The highest BCUT2D eigenvalue weighted by Crippen LogP contribution is 2.53. The molecule has 3 nitrogen and oxygen atoms in total. The minimum absolute atomic E-state index is 0.0128. The zero-order valence-electron chi connectivity index (χ0n) is 14.5. The van der Waals surface area contributed by atoms with Crippen LogP contribution >= 0.6 is 22.6 Å². The Balaban J connectivity index is 1.58. The third-order valence-electron chi connectivity index (χ3n) is 6.16. The normalized spacial score (nSPS) is 41.6. The lowest BCUT2D eigenvalue weighted by atomic mass is 9.72. The van der Waals surface area contributed by atoms with Gasteiger partial charge in [0.2, 0.25) is 0 Å². The van der Waals surface area contributed by atoms with Gasteiger partial charge < -0.3 is 14.2 Å². The molecule has 0 N–H and O–H groups in total. The van der Waals surface area contributed by atoms with Crippen molar-refractivity contribution in [3.05, 3.63) is 0 Å². The van der Waals surface area contributed by atoms with Crippen molar-refractivity contribution in [1.29, 1.82) is 0 Å². The summed E-state index contributed by atoms with van der Waals surface area (Å²) >= 11 is 2.43. The van der Waals surface area contributed by atoms with Gasteiger partial charge in [-0.15, -0.1) is 0 Å². The molecule has 0 radical (unpaired) electrons. The van der Waals surface area contributed by atoms with Gasteiger partial charge in [-0.05, 0) is 72.1 Å². The maximum Gasteiger partial charge on any atom is 0.0920 e. The van der Waals surface area contributed by atoms with Gasteiger partial charge >= 0.3 is 0 Å². The maximum atomic E-state index is 6.44. The summed E-state index contributed by atoms with van der Waals surface area (Å²) < 4.78 is 19.3. The Bertz CT molecular complexity index is 413. The number of halogens is 1. The summed E-state index contributed by atoms with van der Waals surface area (Å²) in [6.45, 7) is 9.87. The van der Waals surface area contributed by atoms with Gasteiger partial charge in [0, 0.05) is 11.0 Å². The van der Waals surface area contributed by atoms with E-state index in [2.05, 4.69) is 50.3 Å². The highest BCUT2D eigenvalue weighted by molar-refractivity contribution is 14.1. The Labute approximate surface area is 149 Å². The van der Waals surface area contributed by atoms with E-state index >= 15 is 0 Å². The quantitative estimate of drug-likeness (QED) is 0.250. The number of hydrogen-bond donors (Lipinski definition) is 0. The van der Waals surface area contributed by atoms with Crippen LogP contribution in [0.2, 0.25) is 0 Å². The van der Waals surface area contributed by atoms with E-state index in [1.807, 2.05) is 0 Å². The molecule has 3 fully saturated rings. The molecular formula is C18H31IO3. The second kappa shape index (κ2) is 6.16. The summed E-state index contributed by atoms with van der Waals surface area (Å²) in [5.41, 5.74) is 0.274. The molecule has 128 valence electrons. The van der Waals surface area contributed by atoms with Gasteiger partial charge in [0.25, 0.3) is 0 Å². The fourth-order valence-electron chi connectivity index (χ4n) is 4.11. The van der Waals surface area contributed by atoms with E-state index in [-0.39, 0.29) is 16.8 Å². The minimum atomic E-state index is -0.0128. The molecule has 0 spiro atoms. The summed E-state index contributed by atoms with van der Waals surface area (Å²) in [6.07, 6.45) is 7.88. The SMILES string of the molecule is CC1(C)OC1CCC(C)(OCCCI)C1CCC2(C)OC2C1. The van der Waals surface area contributed by atoms with Gasteiger partial charge in [0.1, 0.15) is 0 Å². The smallest absolute Gasteiger partial charge is 0.0920 e. The molecule has 4 heteroatoms. The molecule has 0 aromatic rings. The second-order valence-corrected chi connectivity index (χ2v) is 9.42. The van der Waals surface area contributed by atoms with E-state index in [0.717, 1.165) is 25.9 Å². The van der Waals surface area contributed by atoms with Gasteiger partial charge in [-0.3, -0.25) is 0 Å². The molecule has 2 heterocycles. The Morgan fingerprint density at radius 3 is 2.59 bits per heavy atom. The molecule has 0 amide bonds. The zero-order valence-corrected chi connectivity index (χ0v) is 16.6. The van der Waals surface area contributed by atoms with Gasteiger partial charge in [-0.1, -0.05) is 22.6 Å². The van der Waals surface area contributed by atoms with Crippen molar-refractivity contribution >= 4 is 22.6 Å². The van der Waals surface area contributed by atoms with Crippen molar-refractivity contribution in [2.45, 2.75) is 95.2 Å². The van der Waals surface area contributed by atoms with Crippen LogP contribution < -0.4 is 0 Å². The molecule has 5 atom stereocenters. The lowest BCUT2D eigenvalue weighted by Gasteiger charge is -2.40. The average Bonchev–Trinajstić information content (AvgIpc) is 3.30. The number of rotatable bonds is 8. The fraction of sp³-hybridized carbons (Fsp3) is 1.00. The van der Waals surface area contributed by atoms with Crippen LogP contribution in [0.3, 0.4) is 0 Å². The van der Waals surface area contributed by atoms with Crippen molar-refractivity contribution in [3.63, 3.8) is 0 Å². The third-order valence-corrected chi connectivity index (χ3v) is 6.93. The minimum Gasteiger partial charge on any atom is -0.375 e. The summed E-state index contributed by atoms with van der Waals surface area (Å²) in [6, 6.07) is 0. The summed E-state index contributed by atoms with van der Waals surface area (Å²) in [5.74, 6) is 0.629. The highest BCUT2D eigenvalue weighted by Gasteiger charge is 2.58. The van der Waals surface area contributed by atoms with Gasteiger partial charge in [-0.25, -0.2) is 0 Å². The molecule has 1 saturated carbocycles. The molecular weight excluding hydrogens is 391 g/mol. The third kappa shape index (κ3) is 3.65. The largest absolute Gasteiger partial charge is 0.375 e. The summed E-state index contributed by atoms with van der Waals surface area (Å²) in [7, 11) is 0. The van der Waals surface area contributed by atoms with Crippen LogP contribution in [0.5, 0.6) is 0 Å². The van der Waals surface area contributed by atoms with Crippen molar-refractivity contribution in [1.82, 2.24) is 0 Å². The summed E-state index contributed by atoms with van der Waals surface area (Å²) in [4.78, 5) is 0. The number of hydrogen-bond acceptors (Lipinski definition) is 3. The van der Waals surface area contributed by atoms with E-state index in [0.29, 0.717) is 18.1 Å². The van der Waals surface area contributed by atoms with Crippen molar-refractivity contribution in [2.75, 3.05) is 11.0 Å². The molecule has 0 aromatic carbocycles. The van der Waals surface area contributed by atoms with Crippen LogP contribution in [0.25, 0.3) is 0 Å². The van der Waals surface area contributed by atoms with E-state index in [9.17, 15) is 0 Å². The number of epoxide rings is 2. The van der Waals surface area contributed by atoms with Gasteiger partial charge in [0.15, 0.2) is 0 Å². The monoisotopic (exact) mass is 422 g/mol. The molecule has 22 heavy (non-hydrogen) atoms. The first-order chi connectivity index (χ1) is 10.3. The fourth-order valence-corrected chi connectivity index (χ4v) is 4.42. The Kier molecular flexibility index (Phi) is 4.88. The average molecular weight is 422 g/mol. The van der Waals surface area contributed by atoms with Crippen LogP contribution in [0.15, 0.2) is 0 Å². The Hall–Kier alpha value is 0.610. The molecule has 2 saturated heterocycles. The second-order valence-electron chi connectivity index (χ2n) is 8.34. The highest BCUT2D eigenvalue weighted by atomic mass is 127. The van der Waals surface area contributed by atoms with E-state index < -0.39 is 0 Å². The molecule has 0 bridgehead atoms. The summed E-state index contributed by atoms with van der Waals surface area (Å²) in [5, 5.41) is 0. The zero-order chi connectivity index (χ0) is 16.0. The maximum absolute atomic E-state index is 6.44. The van der Waals surface area contributed by atoms with Crippen LogP contribution in [-0.2, 0) is 14.2 Å². The van der Waals surface area contributed by atoms with E-state index in [1.54, 1.807) is 0 Å². The van der Waals surface area contributed by atoms with Crippen LogP contribution in [0.4, 0.5) is 0 Å². The van der Waals surface area contributed by atoms with E-state index in [1.165, 1.54) is 23.7 Å². The lowest BCUT2D eigenvalue weighted by molar-refractivity contribution is -0.0895. The first-order valence-corrected chi connectivity index (χ1v) is 10.4. The predicted octanol–water partition coefficient (Wildman–Crippen LogP) is 4.50. The number of ether oxygens (including phenoxy) is 3. The van der Waals surface area contributed by atoms with E-state index in [4.69, 9.17) is 14.2 Å². The first-order valence-electron chi connectivity index (χ1n) is 8.85. The van der Waals surface area contributed by atoms with Crippen LogP contribution in [0, 0.1) is 5.92 Å². The van der Waals surface area contributed by atoms with Crippen molar-refractivity contribution in [3.8, 4) is 0 Å². The Morgan fingerprint density at radius 2 is 2.00 bits per heavy atom. The molecule has 5 unspecified atom stereocenters. The number of fused-ring (bicyclic) bond motifs is 1. The van der Waals surface area contributed by atoms with Crippen molar-refractivity contribution < 1.29 is 14.2 Å². The Morgan fingerprint density at radius 1 is 1.27 bits per heavy atom. The molecule has 1 aliphatic carbocycles. The number of alkyl halides is 1. The molecule has 2 aliphatic heterocycles. The standard InChI is InChI=1S/C18H31IO3/c1-16(2)14(21-16)7-9-17(3,20-11-5-10-19)13-6-8-18(4)15(12-13)22-18/h13-15H,5-12H2,1-4H3. The van der Waals surface area contributed by atoms with Crippen LogP contribution in [-0.4, -0.2) is 40.0 Å². The lowest BCUT2D eigenvalue weighted by Crippen LogP contribution is -2.42. The first kappa shape index (κ1) is 17.4. The van der Waals surface area contributed by atoms with Crippen molar-refractivity contribution in [2.24, 2.45) is 5.92 Å². The molecule has 3 aliphatic rings.